The number of rotatable bonds is 2. The number of hydrogen-bond acceptors (Lipinski definition) is 2. The third-order valence-electron chi connectivity index (χ3n) is 4.92. The number of benzene rings is 3. The first kappa shape index (κ1) is 20.7. The molecule has 3 aromatic carbocycles. The standard InChI is InChI=1S/C25H19F3N2O/c1-24(2,31)20-6-4-3-5-19(20)17-10-13-21-22(15-17)30-23(29-21)14-9-16-7-11-18(12-8-16)25(26,27)28/h3-8,10-13,15,31H,1-2H3,(H,29,30). The van der Waals surface area contributed by atoms with Gasteiger partial charge < -0.3 is 10.1 Å². The predicted octanol–water partition coefficient (Wildman–Crippen LogP) is 5.88. The van der Waals surface area contributed by atoms with E-state index < -0.39 is 17.3 Å². The average Bonchev–Trinajstić information content (AvgIpc) is 3.13. The fourth-order valence-electron chi connectivity index (χ4n) is 3.38. The van der Waals surface area contributed by atoms with Crippen LogP contribution in [0.1, 0.15) is 36.4 Å². The van der Waals surface area contributed by atoms with Gasteiger partial charge in [0.2, 0.25) is 0 Å². The molecule has 0 aliphatic carbocycles. The maximum absolute atomic E-state index is 12.7. The van der Waals surface area contributed by atoms with Crippen LogP contribution in [0.5, 0.6) is 0 Å². The fraction of sp³-hybridized carbons (Fsp3) is 0.160. The van der Waals surface area contributed by atoms with Gasteiger partial charge >= 0.3 is 6.18 Å². The quantitative estimate of drug-likeness (QED) is 0.398. The SMILES string of the molecule is CC(C)(O)c1ccccc1-c1ccc2nc(C#Cc3ccc(C(F)(F)F)cc3)[nH]c2c1. The van der Waals surface area contributed by atoms with Gasteiger partial charge in [-0.1, -0.05) is 36.3 Å². The Balaban J connectivity index is 1.65. The summed E-state index contributed by atoms with van der Waals surface area (Å²) < 4.78 is 38.0. The zero-order valence-corrected chi connectivity index (χ0v) is 16.9. The highest BCUT2D eigenvalue weighted by Gasteiger charge is 2.29. The highest BCUT2D eigenvalue weighted by atomic mass is 19.4. The number of aromatic nitrogens is 2. The summed E-state index contributed by atoms with van der Waals surface area (Å²) in [6.07, 6.45) is -4.37. The number of nitrogens with one attached hydrogen (secondary N) is 1. The van der Waals surface area contributed by atoms with Gasteiger partial charge in [0.05, 0.1) is 22.2 Å². The van der Waals surface area contributed by atoms with E-state index in [1.165, 1.54) is 12.1 Å². The van der Waals surface area contributed by atoms with E-state index in [4.69, 9.17) is 0 Å². The summed E-state index contributed by atoms with van der Waals surface area (Å²) in [5.74, 6) is 6.12. The van der Waals surface area contributed by atoms with Crippen molar-refractivity contribution in [1.82, 2.24) is 9.97 Å². The van der Waals surface area contributed by atoms with Crippen LogP contribution in [-0.4, -0.2) is 15.1 Å². The molecule has 156 valence electrons. The second-order valence-corrected chi connectivity index (χ2v) is 7.75. The first-order valence-corrected chi connectivity index (χ1v) is 9.62. The van der Waals surface area contributed by atoms with Crippen LogP contribution in [0.3, 0.4) is 0 Å². The first-order chi connectivity index (χ1) is 14.6. The second kappa shape index (κ2) is 7.60. The molecular weight excluding hydrogens is 401 g/mol. The van der Waals surface area contributed by atoms with Crippen LogP contribution in [0.4, 0.5) is 13.2 Å². The lowest BCUT2D eigenvalue weighted by Crippen LogP contribution is -2.16. The van der Waals surface area contributed by atoms with Gasteiger partial charge in [-0.15, -0.1) is 0 Å². The summed E-state index contributed by atoms with van der Waals surface area (Å²) in [5, 5.41) is 10.5. The Bertz CT molecular complexity index is 1300. The molecule has 0 saturated heterocycles. The monoisotopic (exact) mass is 420 g/mol. The predicted molar refractivity (Wildman–Crippen MR) is 114 cm³/mol. The second-order valence-electron chi connectivity index (χ2n) is 7.75. The van der Waals surface area contributed by atoms with Crippen LogP contribution in [0.15, 0.2) is 66.7 Å². The van der Waals surface area contributed by atoms with Gasteiger partial charge in [-0.25, -0.2) is 4.98 Å². The van der Waals surface area contributed by atoms with E-state index in [9.17, 15) is 18.3 Å². The van der Waals surface area contributed by atoms with Crippen LogP contribution in [0, 0.1) is 11.8 Å². The number of alkyl halides is 3. The molecule has 4 rings (SSSR count). The molecule has 0 unspecified atom stereocenters. The number of nitrogens with zero attached hydrogens (tertiary/aromatic N) is 1. The fourth-order valence-corrected chi connectivity index (χ4v) is 3.38. The van der Waals surface area contributed by atoms with E-state index >= 15 is 0 Å². The Kier molecular flexibility index (Phi) is 5.08. The van der Waals surface area contributed by atoms with E-state index in [-0.39, 0.29) is 0 Å². The molecule has 0 atom stereocenters. The van der Waals surface area contributed by atoms with Crippen LogP contribution >= 0.6 is 0 Å². The summed E-state index contributed by atoms with van der Waals surface area (Å²) in [7, 11) is 0. The van der Waals surface area contributed by atoms with Gasteiger partial charge in [0.15, 0.2) is 5.82 Å². The van der Waals surface area contributed by atoms with Gasteiger partial charge in [-0.05, 0) is 72.9 Å². The molecule has 2 N–H and O–H groups in total. The number of imidazole rings is 1. The number of aliphatic hydroxyl groups is 1. The summed E-state index contributed by atoms with van der Waals surface area (Å²) in [6, 6.07) is 18.1. The Hall–Kier alpha value is -3.56. The van der Waals surface area contributed by atoms with E-state index in [0.29, 0.717) is 11.4 Å². The number of hydrogen-bond donors (Lipinski definition) is 2. The Morgan fingerprint density at radius 1 is 0.903 bits per heavy atom. The maximum Gasteiger partial charge on any atom is 0.416 e. The van der Waals surface area contributed by atoms with Crippen molar-refractivity contribution in [3.63, 3.8) is 0 Å². The first-order valence-electron chi connectivity index (χ1n) is 9.62. The molecule has 6 heteroatoms. The zero-order chi connectivity index (χ0) is 22.2. The van der Waals surface area contributed by atoms with Crippen molar-refractivity contribution in [2.75, 3.05) is 0 Å². The average molecular weight is 420 g/mol. The smallest absolute Gasteiger partial charge is 0.386 e. The van der Waals surface area contributed by atoms with Crippen molar-refractivity contribution in [2.45, 2.75) is 25.6 Å². The number of H-pyrrole nitrogens is 1. The zero-order valence-electron chi connectivity index (χ0n) is 16.9. The van der Waals surface area contributed by atoms with Gasteiger partial charge in [-0.3, -0.25) is 0 Å². The molecule has 0 bridgehead atoms. The van der Waals surface area contributed by atoms with Crippen molar-refractivity contribution >= 4 is 11.0 Å². The Morgan fingerprint density at radius 3 is 2.29 bits per heavy atom. The maximum atomic E-state index is 12.7. The van der Waals surface area contributed by atoms with E-state index in [1.807, 2.05) is 42.5 Å². The molecule has 0 aliphatic heterocycles. The van der Waals surface area contributed by atoms with Crippen LogP contribution < -0.4 is 0 Å². The van der Waals surface area contributed by atoms with Crippen molar-refractivity contribution in [3.8, 4) is 23.0 Å². The molecule has 3 nitrogen and oxygen atoms in total. The number of fused-ring (bicyclic) bond motifs is 1. The molecule has 4 aromatic rings. The molecule has 0 fully saturated rings. The number of aromatic amines is 1. The van der Waals surface area contributed by atoms with Crippen molar-refractivity contribution in [1.29, 1.82) is 0 Å². The van der Waals surface area contributed by atoms with Gasteiger partial charge in [-0.2, -0.15) is 13.2 Å². The molecule has 0 amide bonds. The summed E-state index contributed by atoms with van der Waals surface area (Å²) in [5.41, 5.74) is 2.93. The molecule has 0 saturated carbocycles. The van der Waals surface area contributed by atoms with Crippen molar-refractivity contribution < 1.29 is 18.3 Å². The van der Waals surface area contributed by atoms with E-state index in [1.54, 1.807) is 13.8 Å². The van der Waals surface area contributed by atoms with E-state index in [2.05, 4.69) is 21.8 Å². The van der Waals surface area contributed by atoms with Crippen LogP contribution in [-0.2, 0) is 11.8 Å². The largest absolute Gasteiger partial charge is 0.416 e. The highest BCUT2D eigenvalue weighted by molar-refractivity contribution is 5.83. The Morgan fingerprint density at radius 2 is 1.61 bits per heavy atom. The minimum absolute atomic E-state index is 0.419. The molecule has 0 radical (unpaired) electrons. The molecule has 1 heterocycles. The molecular formula is C25H19F3N2O. The lowest BCUT2D eigenvalue weighted by molar-refractivity contribution is -0.137. The molecule has 1 aromatic heterocycles. The van der Waals surface area contributed by atoms with Crippen molar-refractivity contribution in [2.24, 2.45) is 0 Å². The lowest BCUT2D eigenvalue weighted by atomic mass is 9.89. The van der Waals surface area contributed by atoms with Gasteiger partial charge in [0, 0.05) is 5.56 Å². The van der Waals surface area contributed by atoms with E-state index in [0.717, 1.165) is 39.9 Å². The summed E-state index contributed by atoms with van der Waals surface area (Å²) >= 11 is 0. The van der Waals surface area contributed by atoms with Crippen LogP contribution in [0.25, 0.3) is 22.2 Å². The minimum atomic E-state index is -4.37. The van der Waals surface area contributed by atoms with Crippen LogP contribution in [0.2, 0.25) is 0 Å². The lowest BCUT2D eigenvalue weighted by Gasteiger charge is -2.21. The summed E-state index contributed by atoms with van der Waals surface area (Å²) in [6.45, 7) is 3.49. The minimum Gasteiger partial charge on any atom is -0.386 e. The summed E-state index contributed by atoms with van der Waals surface area (Å²) in [4.78, 5) is 7.57. The van der Waals surface area contributed by atoms with Gasteiger partial charge in [0.25, 0.3) is 0 Å². The van der Waals surface area contributed by atoms with Crippen molar-refractivity contribution in [3.05, 3.63) is 89.2 Å². The molecule has 0 aliphatic rings. The molecule has 0 spiro atoms. The van der Waals surface area contributed by atoms with Gasteiger partial charge in [0.1, 0.15) is 0 Å². The Labute approximate surface area is 177 Å². The topological polar surface area (TPSA) is 48.9 Å². The molecule has 31 heavy (non-hydrogen) atoms. The third kappa shape index (κ3) is 4.47. The number of halogens is 3. The normalized spacial score (nSPS) is 11.9. The third-order valence-corrected chi connectivity index (χ3v) is 4.92. The highest BCUT2D eigenvalue weighted by Crippen LogP contribution is 2.33.